The van der Waals surface area contributed by atoms with Crippen LogP contribution in [-0.4, -0.2) is 67.8 Å². The van der Waals surface area contributed by atoms with Gasteiger partial charge in [0, 0.05) is 36.3 Å². The van der Waals surface area contributed by atoms with Crippen LogP contribution in [0.4, 0.5) is 5.69 Å². The zero-order valence-corrected chi connectivity index (χ0v) is 18.9. The molecule has 0 saturated carbocycles. The van der Waals surface area contributed by atoms with Crippen molar-refractivity contribution in [1.82, 2.24) is 30.7 Å². The molecule has 0 aliphatic carbocycles. The first-order valence-electron chi connectivity index (χ1n) is 10.5. The quantitative estimate of drug-likeness (QED) is 0.334. The van der Waals surface area contributed by atoms with Gasteiger partial charge in [-0.15, -0.1) is 10.2 Å². The van der Waals surface area contributed by atoms with Gasteiger partial charge >= 0.3 is 0 Å². The van der Waals surface area contributed by atoms with Gasteiger partial charge < -0.3 is 16.0 Å². The lowest BCUT2D eigenvalue weighted by Crippen LogP contribution is -2.35. The standard InChI is InChI=1S/C18H29N9O2S2/c19-7-3-12-5-9-27(10-6-12)14-1-2-15(30-24-13-4-8-21-11-13)17(31(20,28)29)16(14)18-22-25-26-23-18/h1-2,12-13,21,24H,3-11,19H2,(H2,20,28,29)(H,22,23,25,26). The van der Waals surface area contributed by atoms with Crippen LogP contribution in [0, 0.1) is 5.92 Å². The second kappa shape index (κ2) is 9.79. The Balaban J connectivity index is 1.72. The van der Waals surface area contributed by atoms with Crippen LogP contribution in [0.3, 0.4) is 0 Å². The number of sulfonamides is 1. The zero-order valence-electron chi connectivity index (χ0n) is 17.2. The molecule has 0 spiro atoms. The van der Waals surface area contributed by atoms with Gasteiger partial charge in [-0.05, 0) is 74.0 Å². The summed E-state index contributed by atoms with van der Waals surface area (Å²) in [5, 5.41) is 23.2. The van der Waals surface area contributed by atoms with Gasteiger partial charge in [0.25, 0.3) is 0 Å². The Kier molecular flexibility index (Phi) is 7.08. The number of hydrogen-bond acceptors (Lipinski definition) is 10. The summed E-state index contributed by atoms with van der Waals surface area (Å²) in [5.74, 6) is 0.805. The number of hydrogen-bond donors (Lipinski definition) is 5. The highest BCUT2D eigenvalue weighted by Crippen LogP contribution is 2.41. The molecule has 4 rings (SSSR count). The van der Waals surface area contributed by atoms with Crippen LogP contribution < -0.4 is 25.8 Å². The second-order valence-electron chi connectivity index (χ2n) is 7.98. The van der Waals surface area contributed by atoms with Crippen molar-refractivity contribution >= 4 is 27.7 Å². The maximum atomic E-state index is 12.7. The molecule has 1 unspecified atom stereocenters. The maximum Gasteiger partial charge on any atom is 0.240 e. The molecule has 3 heterocycles. The molecule has 7 N–H and O–H groups in total. The highest BCUT2D eigenvalue weighted by Gasteiger charge is 2.30. The Morgan fingerprint density at radius 2 is 2.06 bits per heavy atom. The fourth-order valence-corrected chi connectivity index (χ4v) is 6.39. The third-order valence-electron chi connectivity index (χ3n) is 5.88. The highest BCUT2D eigenvalue weighted by molar-refractivity contribution is 7.98. The van der Waals surface area contributed by atoms with Crippen LogP contribution >= 0.6 is 11.9 Å². The fraction of sp³-hybridized carbons (Fsp3) is 0.611. The van der Waals surface area contributed by atoms with E-state index in [1.54, 1.807) is 0 Å². The van der Waals surface area contributed by atoms with Gasteiger partial charge in [-0.3, -0.25) is 4.72 Å². The molecule has 2 aliphatic heterocycles. The average molecular weight is 468 g/mol. The van der Waals surface area contributed by atoms with E-state index in [1.807, 2.05) is 12.1 Å². The summed E-state index contributed by atoms with van der Waals surface area (Å²) in [6.07, 6.45) is 3.98. The number of rotatable bonds is 8. The number of primary sulfonamides is 1. The number of aromatic amines is 1. The number of aromatic nitrogens is 4. The Labute approximate surface area is 186 Å². The SMILES string of the molecule is NCCC1CCN(c2ccc(SNC3CCNC3)c(S(N)(=O)=O)c2-c2nn[nH]n2)CC1. The Morgan fingerprint density at radius 3 is 2.68 bits per heavy atom. The molecule has 1 atom stereocenters. The molecule has 31 heavy (non-hydrogen) atoms. The Bertz CT molecular complexity index is 970. The van der Waals surface area contributed by atoms with Crippen LogP contribution in [0.15, 0.2) is 21.9 Å². The van der Waals surface area contributed by atoms with E-state index in [1.165, 1.54) is 11.9 Å². The Morgan fingerprint density at radius 1 is 1.26 bits per heavy atom. The highest BCUT2D eigenvalue weighted by atomic mass is 32.2. The molecule has 1 aromatic carbocycles. The first-order chi connectivity index (χ1) is 15.0. The predicted molar refractivity (Wildman–Crippen MR) is 120 cm³/mol. The van der Waals surface area contributed by atoms with E-state index in [4.69, 9.17) is 10.9 Å². The number of nitrogens with two attached hydrogens (primary N) is 2. The van der Waals surface area contributed by atoms with Gasteiger partial charge in [0.1, 0.15) is 4.90 Å². The molecular weight excluding hydrogens is 438 g/mol. The summed E-state index contributed by atoms with van der Waals surface area (Å²) in [4.78, 5) is 2.73. The number of nitrogens with one attached hydrogen (secondary N) is 3. The van der Waals surface area contributed by atoms with E-state index < -0.39 is 10.0 Å². The van der Waals surface area contributed by atoms with Crippen LogP contribution in [0.2, 0.25) is 0 Å². The minimum atomic E-state index is -4.06. The Hall–Kier alpha value is -1.77. The van der Waals surface area contributed by atoms with Gasteiger partial charge in [0.15, 0.2) is 0 Å². The summed E-state index contributed by atoms with van der Waals surface area (Å²) in [6.45, 7) is 4.07. The molecule has 2 aromatic rings. The van der Waals surface area contributed by atoms with E-state index in [0.29, 0.717) is 22.9 Å². The van der Waals surface area contributed by atoms with Gasteiger partial charge in [0.05, 0.1) is 5.56 Å². The van der Waals surface area contributed by atoms with Crippen molar-refractivity contribution < 1.29 is 8.42 Å². The lowest BCUT2D eigenvalue weighted by atomic mass is 9.93. The van der Waals surface area contributed by atoms with Gasteiger partial charge in [-0.2, -0.15) is 5.21 Å². The van der Waals surface area contributed by atoms with E-state index in [0.717, 1.165) is 57.5 Å². The molecule has 13 heteroatoms. The van der Waals surface area contributed by atoms with Crippen LogP contribution in [0.1, 0.15) is 25.7 Å². The van der Waals surface area contributed by atoms with Crippen LogP contribution in [0.25, 0.3) is 11.4 Å². The molecule has 2 aliphatic rings. The molecule has 2 fully saturated rings. The minimum absolute atomic E-state index is 0.0268. The normalized spacial score (nSPS) is 20.5. The molecule has 0 bridgehead atoms. The van der Waals surface area contributed by atoms with Crippen molar-refractivity contribution in [2.75, 3.05) is 37.6 Å². The lowest BCUT2D eigenvalue weighted by molar-refractivity contribution is 0.386. The molecule has 0 amide bonds. The third kappa shape index (κ3) is 5.18. The molecule has 0 radical (unpaired) electrons. The summed E-state index contributed by atoms with van der Waals surface area (Å²) >= 11 is 1.28. The summed E-state index contributed by atoms with van der Waals surface area (Å²) in [7, 11) is -4.06. The summed E-state index contributed by atoms with van der Waals surface area (Å²) in [6, 6.07) is 4.00. The van der Waals surface area contributed by atoms with Crippen molar-refractivity contribution in [3.63, 3.8) is 0 Å². The predicted octanol–water partition coefficient (Wildman–Crippen LogP) is 0.0379. The summed E-state index contributed by atoms with van der Waals surface area (Å²) in [5.41, 5.74) is 6.86. The van der Waals surface area contributed by atoms with Gasteiger partial charge in [0.2, 0.25) is 15.8 Å². The van der Waals surface area contributed by atoms with Gasteiger partial charge in [-0.1, -0.05) is 0 Å². The first-order valence-corrected chi connectivity index (χ1v) is 12.9. The molecular formula is C18H29N9O2S2. The van der Waals surface area contributed by atoms with Crippen molar-refractivity contribution in [2.45, 2.75) is 41.5 Å². The number of nitrogens with zero attached hydrogens (tertiary/aromatic N) is 4. The van der Waals surface area contributed by atoms with Crippen molar-refractivity contribution in [1.29, 1.82) is 0 Å². The topological polar surface area (TPSA) is 168 Å². The molecule has 2 saturated heterocycles. The maximum absolute atomic E-state index is 12.7. The van der Waals surface area contributed by atoms with E-state index in [9.17, 15) is 8.42 Å². The number of piperidine rings is 1. The minimum Gasteiger partial charge on any atom is -0.371 e. The molecule has 1 aromatic heterocycles. The van der Waals surface area contributed by atoms with Crippen molar-refractivity contribution in [2.24, 2.45) is 16.8 Å². The van der Waals surface area contributed by atoms with Crippen LogP contribution in [0.5, 0.6) is 0 Å². The van der Waals surface area contributed by atoms with Crippen LogP contribution in [-0.2, 0) is 10.0 Å². The zero-order chi connectivity index (χ0) is 21.8. The van der Waals surface area contributed by atoms with E-state index >= 15 is 0 Å². The monoisotopic (exact) mass is 467 g/mol. The van der Waals surface area contributed by atoms with E-state index in [-0.39, 0.29) is 16.8 Å². The fourth-order valence-electron chi connectivity index (χ4n) is 4.26. The average Bonchev–Trinajstić information content (AvgIpc) is 3.46. The van der Waals surface area contributed by atoms with Crippen molar-refractivity contribution in [3.8, 4) is 11.4 Å². The lowest BCUT2D eigenvalue weighted by Gasteiger charge is -2.35. The molecule has 11 nitrogen and oxygen atoms in total. The van der Waals surface area contributed by atoms with E-state index in [2.05, 4.69) is 35.6 Å². The third-order valence-corrected chi connectivity index (χ3v) is 8.01. The summed E-state index contributed by atoms with van der Waals surface area (Å²) < 4.78 is 28.8. The second-order valence-corrected chi connectivity index (χ2v) is 10.4. The first kappa shape index (κ1) is 22.4. The molecule has 170 valence electrons. The van der Waals surface area contributed by atoms with Crippen molar-refractivity contribution in [3.05, 3.63) is 12.1 Å². The number of tetrazole rings is 1. The smallest absolute Gasteiger partial charge is 0.240 e. The number of H-pyrrole nitrogens is 1. The van der Waals surface area contributed by atoms with Gasteiger partial charge in [-0.25, -0.2) is 13.6 Å². The largest absolute Gasteiger partial charge is 0.371 e. The number of benzene rings is 1. The number of anilines is 1.